The van der Waals surface area contributed by atoms with E-state index in [2.05, 4.69) is 16.0 Å². The molecule has 10 heteroatoms. The monoisotopic (exact) mass is 381 g/mol. The van der Waals surface area contributed by atoms with Gasteiger partial charge in [-0.15, -0.1) is 0 Å². The summed E-state index contributed by atoms with van der Waals surface area (Å²) in [6, 6.07) is 0.388. The number of nitrogens with one attached hydrogen (secondary N) is 3. The van der Waals surface area contributed by atoms with Crippen molar-refractivity contribution in [2.24, 2.45) is 0 Å². The van der Waals surface area contributed by atoms with Crippen molar-refractivity contribution in [1.29, 1.82) is 0 Å². The smallest absolute Gasteiger partial charge is 0.315 e. The van der Waals surface area contributed by atoms with Gasteiger partial charge in [0.25, 0.3) is 0 Å². The summed E-state index contributed by atoms with van der Waals surface area (Å²) < 4.78 is 21.9. The molecule has 2 aliphatic rings. The molecule has 0 aromatic rings. The number of thioether (sulfide) groups is 1. The van der Waals surface area contributed by atoms with Crippen molar-refractivity contribution in [1.82, 2.24) is 16.0 Å². The Labute approximate surface area is 144 Å². The fourth-order valence-electron chi connectivity index (χ4n) is 2.75. The van der Waals surface area contributed by atoms with E-state index in [-0.39, 0.29) is 24.0 Å². The molecular weight excluding hydrogens is 358 g/mol. The van der Waals surface area contributed by atoms with Crippen LogP contribution in [0.15, 0.2) is 0 Å². The van der Waals surface area contributed by atoms with Crippen molar-refractivity contribution < 1.29 is 18.0 Å². The van der Waals surface area contributed by atoms with Crippen molar-refractivity contribution in [3.63, 3.8) is 0 Å². The second-order valence-corrected chi connectivity index (χ2v) is 11.6. The molecule has 2 heterocycles. The highest BCUT2D eigenvalue weighted by Crippen LogP contribution is 2.33. The molecule has 0 aliphatic carbocycles. The van der Waals surface area contributed by atoms with Crippen LogP contribution in [0.25, 0.3) is 0 Å². The van der Waals surface area contributed by atoms with Gasteiger partial charge in [-0.2, -0.15) is 11.8 Å². The van der Waals surface area contributed by atoms with E-state index < -0.39 is 8.87 Å². The van der Waals surface area contributed by atoms with E-state index in [9.17, 15) is 18.0 Å². The fraction of sp³-hybridized carbons (Fsp3) is 0.846. The first-order chi connectivity index (χ1) is 10.8. The van der Waals surface area contributed by atoms with Crippen molar-refractivity contribution in [3.8, 4) is 0 Å². The van der Waals surface area contributed by atoms with Gasteiger partial charge in [0.15, 0.2) is 8.87 Å². The minimum atomic E-state index is -3.04. The first-order valence-electron chi connectivity index (χ1n) is 7.65. The van der Waals surface area contributed by atoms with Crippen molar-refractivity contribution in [2.75, 3.05) is 24.3 Å². The highest BCUT2D eigenvalue weighted by molar-refractivity contribution is 8.71. The van der Waals surface area contributed by atoms with Crippen LogP contribution in [0.2, 0.25) is 0 Å². The SMILES string of the molecule is CS(=O)(=O)SCCNC(=O)CCCC[C@@H]1SC[C@H]2NC(=O)N[C@H]12. The lowest BCUT2D eigenvalue weighted by Gasteiger charge is -2.16. The molecule has 2 fully saturated rings. The summed E-state index contributed by atoms with van der Waals surface area (Å²) in [7, 11) is -2.19. The predicted octanol–water partition coefficient (Wildman–Crippen LogP) is 0.521. The number of rotatable bonds is 9. The summed E-state index contributed by atoms with van der Waals surface area (Å²) in [6.07, 6.45) is 4.36. The molecule has 0 saturated carbocycles. The van der Waals surface area contributed by atoms with Crippen LogP contribution in [-0.2, 0) is 13.7 Å². The lowest BCUT2D eigenvalue weighted by atomic mass is 10.0. The van der Waals surface area contributed by atoms with Gasteiger partial charge in [-0.1, -0.05) is 6.42 Å². The number of carbonyl (C=O) groups is 2. The number of hydrogen-bond acceptors (Lipinski definition) is 6. The van der Waals surface area contributed by atoms with E-state index in [1.165, 1.54) is 0 Å². The van der Waals surface area contributed by atoms with Crippen LogP contribution in [0.1, 0.15) is 25.7 Å². The van der Waals surface area contributed by atoms with E-state index in [0.29, 0.717) is 24.0 Å². The molecule has 0 unspecified atom stereocenters. The van der Waals surface area contributed by atoms with Gasteiger partial charge in [0.05, 0.1) is 12.1 Å². The van der Waals surface area contributed by atoms with Crippen molar-refractivity contribution in [3.05, 3.63) is 0 Å². The molecule has 132 valence electrons. The Kier molecular flexibility index (Phi) is 6.90. The second kappa shape index (κ2) is 8.48. The zero-order valence-electron chi connectivity index (χ0n) is 13.0. The normalized spacial score (nSPS) is 26.5. The van der Waals surface area contributed by atoms with E-state index in [1.807, 2.05) is 11.8 Å². The number of fused-ring (bicyclic) bond motifs is 1. The van der Waals surface area contributed by atoms with Crippen LogP contribution < -0.4 is 16.0 Å². The zero-order valence-corrected chi connectivity index (χ0v) is 15.5. The maximum absolute atomic E-state index is 11.6. The molecule has 2 rings (SSSR count). The Balaban J connectivity index is 1.52. The summed E-state index contributed by atoms with van der Waals surface area (Å²) in [5, 5.41) is 9.03. The van der Waals surface area contributed by atoms with Gasteiger partial charge < -0.3 is 16.0 Å². The Morgan fingerprint density at radius 3 is 2.91 bits per heavy atom. The molecule has 0 spiro atoms. The minimum absolute atomic E-state index is 0.0353. The van der Waals surface area contributed by atoms with E-state index in [1.54, 1.807) is 0 Å². The summed E-state index contributed by atoms with van der Waals surface area (Å²) in [5.74, 6) is 1.29. The Bertz CT molecular complexity index is 541. The Morgan fingerprint density at radius 1 is 1.39 bits per heavy atom. The van der Waals surface area contributed by atoms with E-state index >= 15 is 0 Å². The third-order valence-corrected chi connectivity index (χ3v) is 7.89. The molecule has 23 heavy (non-hydrogen) atoms. The van der Waals surface area contributed by atoms with Gasteiger partial charge in [0.2, 0.25) is 5.91 Å². The molecule has 0 aromatic carbocycles. The molecule has 3 N–H and O–H groups in total. The summed E-state index contributed by atoms with van der Waals surface area (Å²) >= 11 is 1.88. The molecule has 2 aliphatic heterocycles. The largest absolute Gasteiger partial charge is 0.355 e. The molecule has 0 bridgehead atoms. The van der Waals surface area contributed by atoms with Gasteiger partial charge >= 0.3 is 6.03 Å². The second-order valence-electron chi connectivity index (χ2n) is 5.74. The fourth-order valence-corrected chi connectivity index (χ4v) is 5.94. The van der Waals surface area contributed by atoms with Crippen LogP contribution in [-0.4, -0.2) is 62.0 Å². The molecule has 0 radical (unpaired) electrons. The van der Waals surface area contributed by atoms with Crippen molar-refractivity contribution in [2.45, 2.75) is 43.0 Å². The molecular formula is C13H23N3O4S3. The average Bonchev–Trinajstić information content (AvgIpc) is 2.98. The molecule has 3 atom stereocenters. The van der Waals surface area contributed by atoms with Gasteiger partial charge in [-0.25, -0.2) is 13.2 Å². The van der Waals surface area contributed by atoms with E-state index in [4.69, 9.17) is 0 Å². The van der Waals surface area contributed by atoms with Gasteiger partial charge in [-0.05, 0) is 23.6 Å². The van der Waals surface area contributed by atoms with Gasteiger partial charge in [0, 0.05) is 36.0 Å². The Morgan fingerprint density at radius 2 is 2.17 bits per heavy atom. The summed E-state index contributed by atoms with van der Waals surface area (Å²) in [6.45, 7) is 0.372. The summed E-state index contributed by atoms with van der Waals surface area (Å²) in [4.78, 5) is 22.9. The zero-order chi connectivity index (χ0) is 16.9. The lowest BCUT2D eigenvalue weighted by molar-refractivity contribution is -0.121. The van der Waals surface area contributed by atoms with Crippen LogP contribution in [0, 0.1) is 0 Å². The van der Waals surface area contributed by atoms with Crippen LogP contribution in [0.4, 0.5) is 4.79 Å². The van der Waals surface area contributed by atoms with Crippen LogP contribution >= 0.6 is 22.6 Å². The van der Waals surface area contributed by atoms with E-state index in [0.717, 1.165) is 42.1 Å². The van der Waals surface area contributed by atoms with Crippen LogP contribution in [0.3, 0.4) is 0 Å². The number of unbranched alkanes of at least 4 members (excludes halogenated alkanes) is 1. The predicted molar refractivity (Wildman–Crippen MR) is 94.3 cm³/mol. The molecule has 3 amide bonds. The van der Waals surface area contributed by atoms with Gasteiger partial charge in [0.1, 0.15) is 0 Å². The highest BCUT2D eigenvalue weighted by atomic mass is 33.1. The standard InChI is InChI=1S/C13H23N3O4S3/c1-23(19,20)22-7-6-14-11(17)5-3-2-4-10-12-9(8-21-10)15-13(18)16-12/h9-10,12H,2-8H2,1H3,(H,14,17)(H2,15,16,18)/t9-,10+,12+/m1/s1. The first kappa shape index (κ1) is 18.7. The Hall–Kier alpha value is -0.610. The minimum Gasteiger partial charge on any atom is -0.355 e. The number of hydrogen-bond donors (Lipinski definition) is 3. The third kappa shape index (κ3) is 6.42. The van der Waals surface area contributed by atoms with Crippen molar-refractivity contribution >= 4 is 43.4 Å². The topological polar surface area (TPSA) is 104 Å². The number of urea groups is 1. The quantitative estimate of drug-likeness (QED) is 0.306. The average molecular weight is 382 g/mol. The molecule has 2 saturated heterocycles. The maximum atomic E-state index is 11.6. The van der Waals surface area contributed by atoms with Crippen LogP contribution in [0.5, 0.6) is 0 Å². The molecule has 7 nitrogen and oxygen atoms in total. The lowest BCUT2D eigenvalue weighted by Crippen LogP contribution is -2.36. The maximum Gasteiger partial charge on any atom is 0.315 e. The third-order valence-electron chi connectivity index (χ3n) is 3.80. The number of amides is 3. The van der Waals surface area contributed by atoms with Gasteiger partial charge in [-0.3, -0.25) is 4.79 Å². The molecule has 0 aromatic heterocycles. The highest BCUT2D eigenvalue weighted by Gasteiger charge is 2.42. The summed E-state index contributed by atoms with van der Waals surface area (Å²) in [5.41, 5.74) is 0. The first-order valence-corrected chi connectivity index (χ1v) is 12.1. The number of carbonyl (C=O) groups excluding carboxylic acids is 2.